The quantitative estimate of drug-likeness (QED) is 0.856. The number of rotatable bonds is 5. The summed E-state index contributed by atoms with van der Waals surface area (Å²) in [6.07, 6.45) is 0. The summed E-state index contributed by atoms with van der Waals surface area (Å²) in [4.78, 5) is 13.7. The fourth-order valence-corrected chi connectivity index (χ4v) is 1.76. The summed E-state index contributed by atoms with van der Waals surface area (Å²) in [6, 6.07) is 6.16. The van der Waals surface area contributed by atoms with Crippen molar-refractivity contribution in [2.24, 2.45) is 0 Å². The van der Waals surface area contributed by atoms with E-state index in [0.717, 1.165) is 6.54 Å². The number of halogens is 1. The van der Waals surface area contributed by atoms with E-state index in [1.165, 1.54) is 6.07 Å². The van der Waals surface area contributed by atoms with Crippen molar-refractivity contribution in [3.05, 3.63) is 35.6 Å². The summed E-state index contributed by atoms with van der Waals surface area (Å²) in [5.74, 6) is -0.318. The minimum absolute atomic E-state index is 0.296. The molecule has 106 valence electrons. The van der Waals surface area contributed by atoms with E-state index < -0.39 is 5.54 Å². The van der Waals surface area contributed by atoms with E-state index in [1.54, 1.807) is 32.0 Å². The predicted molar refractivity (Wildman–Crippen MR) is 74.5 cm³/mol. The van der Waals surface area contributed by atoms with E-state index in [9.17, 15) is 9.18 Å². The molecule has 1 aromatic carbocycles. The molecule has 1 rings (SSSR count). The van der Waals surface area contributed by atoms with Crippen LogP contribution in [0.3, 0.4) is 0 Å². The number of nitrogens with zero attached hydrogens (tertiary/aromatic N) is 1. The molecule has 0 atom stereocenters. The van der Waals surface area contributed by atoms with Crippen LogP contribution in [0.2, 0.25) is 0 Å². The molecule has 5 heteroatoms. The molecule has 0 aliphatic rings. The van der Waals surface area contributed by atoms with E-state index in [4.69, 9.17) is 0 Å². The van der Waals surface area contributed by atoms with Gasteiger partial charge in [-0.05, 0) is 34.0 Å². The normalized spacial score (nSPS) is 11.5. The fourth-order valence-electron chi connectivity index (χ4n) is 1.76. The molecule has 0 saturated carbocycles. The van der Waals surface area contributed by atoms with Crippen molar-refractivity contribution in [1.82, 2.24) is 15.5 Å². The van der Waals surface area contributed by atoms with Gasteiger partial charge in [-0.25, -0.2) is 9.18 Å². The molecule has 2 amide bonds. The molecule has 19 heavy (non-hydrogen) atoms. The third-order valence-electron chi connectivity index (χ3n) is 2.82. The lowest BCUT2D eigenvalue weighted by molar-refractivity contribution is 0.228. The van der Waals surface area contributed by atoms with Crippen molar-refractivity contribution in [3.63, 3.8) is 0 Å². The van der Waals surface area contributed by atoms with Crippen LogP contribution in [0, 0.1) is 5.82 Å². The van der Waals surface area contributed by atoms with Crippen molar-refractivity contribution in [2.45, 2.75) is 19.4 Å². The van der Waals surface area contributed by atoms with Gasteiger partial charge in [0.1, 0.15) is 5.82 Å². The van der Waals surface area contributed by atoms with E-state index in [-0.39, 0.29) is 11.8 Å². The van der Waals surface area contributed by atoms with Crippen molar-refractivity contribution in [2.75, 3.05) is 27.2 Å². The summed E-state index contributed by atoms with van der Waals surface area (Å²) < 4.78 is 13.7. The molecule has 0 aromatic heterocycles. The Morgan fingerprint density at radius 2 is 1.95 bits per heavy atom. The molecule has 0 radical (unpaired) electrons. The number of benzene rings is 1. The lowest BCUT2D eigenvalue weighted by Crippen LogP contribution is -2.48. The first kappa shape index (κ1) is 15.4. The number of amides is 2. The lowest BCUT2D eigenvalue weighted by Gasteiger charge is -2.27. The van der Waals surface area contributed by atoms with Gasteiger partial charge in [0.15, 0.2) is 0 Å². The number of carbonyl (C=O) groups is 1. The van der Waals surface area contributed by atoms with Crippen molar-refractivity contribution in [1.29, 1.82) is 0 Å². The standard InChI is InChI=1S/C14H22FN3O/c1-14(2,11-7-5-6-8-12(11)15)17-13(19)16-9-10-18(3)4/h5-8H,9-10H2,1-4H3,(H2,16,17,19). The third-order valence-corrected chi connectivity index (χ3v) is 2.82. The average molecular weight is 267 g/mol. The summed E-state index contributed by atoms with van der Waals surface area (Å²) in [7, 11) is 3.87. The second kappa shape index (κ2) is 6.52. The summed E-state index contributed by atoms with van der Waals surface area (Å²) >= 11 is 0. The number of urea groups is 1. The topological polar surface area (TPSA) is 44.4 Å². The number of carbonyl (C=O) groups excluding carboxylic acids is 1. The molecule has 2 N–H and O–H groups in total. The van der Waals surface area contributed by atoms with Crippen LogP contribution in [-0.2, 0) is 5.54 Å². The zero-order valence-electron chi connectivity index (χ0n) is 12.0. The molecule has 0 unspecified atom stereocenters. The minimum atomic E-state index is -0.756. The van der Waals surface area contributed by atoms with Crippen LogP contribution in [0.1, 0.15) is 19.4 Å². The highest BCUT2D eigenvalue weighted by Crippen LogP contribution is 2.22. The summed E-state index contributed by atoms with van der Waals surface area (Å²) in [5.41, 5.74) is -0.286. The maximum Gasteiger partial charge on any atom is 0.315 e. The first-order valence-electron chi connectivity index (χ1n) is 6.28. The van der Waals surface area contributed by atoms with Gasteiger partial charge in [0.25, 0.3) is 0 Å². The monoisotopic (exact) mass is 267 g/mol. The Morgan fingerprint density at radius 3 is 2.53 bits per heavy atom. The van der Waals surface area contributed by atoms with E-state index >= 15 is 0 Å². The fraction of sp³-hybridized carbons (Fsp3) is 0.500. The Morgan fingerprint density at radius 1 is 1.32 bits per heavy atom. The Hall–Kier alpha value is -1.62. The number of hydrogen-bond donors (Lipinski definition) is 2. The largest absolute Gasteiger partial charge is 0.337 e. The SMILES string of the molecule is CN(C)CCNC(=O)NC(C)(C)c1ccccc1F. The Balaban J connectivity index is 2.59. The molecule has 4 nitrogen and oxygen atoms in total. The van der Waals surface area contributed by atoms with Gasteiger partial charge in [0, 0.05) is 18.7 Å². The maximum atomic E-state index is 13.7. The number of nitrogens with one attached hydrogen (secondary N) is 2. The third kappa shape index (κ3) is 4.87. The highest BCUT2D eigenvalue weighted by Gasteiger charge is 2.25. The van der Waals surface area contributed by atoms with E-state index in [2.05, 4.69) is 10.6 Å². The van der Waals surface area contributed by atoms with Crippen LogP contribution in [0.5, 0.6) is 0 Å². The van der Waals surface area contributed by atoms with Gasteiger partial charge in [-0.15, -0.1) is 0 Å². The Bertz CT molecular complexity index is 432. The maximum absolute atomic E-state index is 13.7. The number of hydrogen-bond acceptors (Lipinski definition) is 2. The predicted octanol–water partition coefficient (Wildman–Crippen LogP) is 1.92. The van der Waals surface area contributed by atoms with Gasteiger partial charge >= 0.3 is 6.03 Å². The zero-order chi connectivity index (χ0) is 14.5. The molecule has 0 aliphatic heterocycles. The highest BCUT2D eigenvalue weighted by molar-refractivity contribution is 5.75. The van der Waals surface area contributed by atoms with Gasteiger partial charge in [0.2, 0.25) is 0 Å². The molecule has 0 fully saturated rings. The van der Waals surface area contributed by atoms with Crippen LogP contribution >= 0.6 is 0 Å². The number of likely N-dealkylation sites (N-methyl/N-ethyl adjacent to an activating group) is 1. The van der Waals surface area contributed by atoms with Crippen LogP contribution in [-0.4, -0.2) is 38.1 Å². The van der Waals surface area contributed by atoms with Crippen LogP contribution in [0.4, 0.5) is 9.18 Å². The smallest absolute Gasteiger partial charge is 0.315 e. The second-order valence-electron chi connectivity index (χ2n) is 5.29. The van der Waals surface area contributed by atoms with Crippen LogP contribution in [0.25, 0.3) is 0 Å². The second-order valence-corrected chi connectivity index (χ2v) is 5.29. The van der Waals surface area contributed by atoms with Gasteiger partial charge in [-0.2, -0.15) is 0 Å². The first-order valence-corrected chi connectivity index (χ1v) is 6.28. The average Bonchev–Trinajstić information content (AvgIpc) is 2.27. The molecule has 0 aliphatic carbocycles. The van der Waals surface area contributed by atoms with Crippen molar-refractivity contribution < 1.29 is 9.18 Å². The van der Waals surface area contributed by atoms with Gasteiger partial charge in [-0.3, -0.25) is 0 Å². The Kier molecular flexibility index (Phi) is 5.30. The van der Waals surface area contributed by atoms with Crippen molar-refractivity contribution >= 4 is 6.03 Å². The van der Waals surface area contributed by atoms with Crippen molar-refractivity contribution in [3.8, 4) is 0 Å². The van der Waals surface area contributed by atoms with Gasteiger partial charge in [0.05, 0.1) is 5.54 Å². The molecule has 0 heterocycles. The van der Waals surface area contributed by atoms with E-state index in [0.29, 0.717) is 12.1 Å². The Labute approximate surface area is 114 Å². The first-order chi connectivity index (χ1) is 8.83. The van der Waals surface area contributed by atoms with Gasteiger partial charge < -0.3 is 15.5 Å². The summed E-state index contributed by atoms with van der Waals surface area (Å²) in [5, 5.41) is 5.52. The van der Waals surface area contributed by atoms with E-state index in [1.807, 2.05) is 19.0 Å². The lowest BCUT2D eigenvalue weighted by atomic mass is 9.94. The molecule has 0 bridgehead atoms. The van der Waals surface area contributed by atoms with Crippen LogP contribution < -0.4 is 10.6 Å². The van der Waals surface area contributed by atoms with Crippen LogP contribution in [0.15, 0.2) is 24.3 Å². The molecular formula is C14H22FN3O. The summed E-state index contributed by atoms with van der Waals surface area (Å²) in [6.45, 7) is 4.85. The highest BCUT2D eigenvalue weighted by atomic mass is 19.1. The molecule has 0 saturated heterocycles. The zero-order valence-corrected chi connectivity index (χ0v) is 12.0. The van der Waals surface area contributed by atoms with Gasteiger partial charge in [-0.1, -0.05) is 18.2 Å². The molecule has 1 aromatic rings. The minimum Gasteiger partial charge on any atom is -0.337 e. The molecular weight excluding hydrogens is 245 g/mol. The molecule has 0 spiro atoms.